The van der Waals surface area contributed by atoms with Gasteiger partial charge in [-0.2, -0.15) is 0 Å². The molecule has 324 valence electrons. The second-order valence-electron chi connectivity index (χ2n) is 15.6. The molecule has 2 heterocycles. The first kappa shape index (κ1) is 50.4. The highest BCUT2D eigenvalue weighted by molar-refractivity contribution is 5.82. The zero-order valence-electron chi connectivity index (χ0n) is 35.8. The van der Waals surface area contributed by atoms with Crippen molar-refractivity contribution in [1.29, 1.82) is 0 Å². The van der Waals surface area contributed by atoms with Crippen LogP contribution < -0.4 is 0 Å². The number of aliphatic hydroxyl groups excluding tert-OH is 5. The van der Waals surface area contributed by atoms with Gasteiger partial charge in [0.15, 0.2) is 0 Å². The van der Waals surface area contributed by atoms with Crippen LogP contribution >= 0.6 is 0 Å². The Labute approximate surface area is 341 Å². The standard InChI is InChI=1S/C45H72O12/c1-11-16-38-43(55-10)44(51)45(6,57-38)39(48)21-15-20-37-42(54-9)41(50)32(5)28-31(4)24-26-34(47)36(53-8)19-14-17-29(2)27-30(3)23-25-33(46)35(52-7)18-12-13-22-40(49)56-37/h12-13,15,18,20,22-29,32-39,41-44,46-48,50-51H,11,14,16-17,19,21H2,1-10H3/b18-12?,20-15+,22-13?,25-23?,26-24?,30-27?,31-28?/t29?,32-,33-,34-,35-,36-,37+,38+,39+,41+,42+,43-,44-,45+/m1/s1. The van der Waals surface area contributed by atoms with Gasteiger partial charge in [-0.25, -0.2) is 4.79 Å². The molecule has 12 nitrogen and oxygen atoms in total. The normalized spacial score (nSPS) is 36.6. The molecule has 0 spiro atoms. The van der Waals surface area contributed by atoms with Gasteiger partial charge in [0.05, 0.1) is 30.5 Å². The molecule has 0 aromatic rings. The van der Waals surface area contributed by atoms with Gasteiger partial charge in [0.2, 0.25) is 0 Å². The summed E-state index contributed by atoms with van der Waals surface area (Å²) < 4.78 is 34.4. The molecule has 2 aliphatic rings. The monoisotopic (exact) mass is 805 g/mol. The molecule has 5 N–H and O–H groups in total. The van der Waals surface area contributed by atoms with E-state index in [1.165, 1.54) is 33.5 Å². The van der Waals surface area contributed by atoms with Gasteiger partial charge in [-0.15, -0.1) is 0 Å². The molecule has 0 bridgehead atoms. The highest BCUT2D eigenvalue weighted by Gasteiger charge is 2.55. The Bertz CT molecular complexity index is 1400. The topological polar surface area (TPSA) is 174 Å². The molecule has 0 aromatic heterocycles. The first-order valence-electron chi connectivity index (χ1n) is 20.2. The Morgan fingerprint density at radius 2 is 1.51 bits per heavy atom. The molecule has 14 atom stereocenters. The van der Waals surface area contributed by atoms with Gasteiger partial charge in [0.25, 0.3) is 0 Å². The van der Waals surface area contributed by atoms with E-state index in [-0.39, 0.29) is 18.4 Å². The van der Waals surface area contributed by atoms with Gasteiger partial charge >= 0.3 is 5.97 Å². The molecule has 2 rings (SSSR count). The van der Waals surface area contributed by atoms with Crippen LogP contribution in [-0.4, -0.2) is 133 Å². The van der Waals surface area contributed by atoms with E-state index in [2.05, 4.69) is 13.0 Å². The molecule has 0 radical (unpaired) electrons. The first-order chi connectivity index (χ1) is 27.1. The number of ether oxygens (including phenoxy) is 6. The number of cyclic esters (lactones) is 1. The summed E-state index contributed by atoms with van der Waals surface area (Å²) in [5, 5.41) is 55.7. The lowest BCUT2D eigenvalue weighted by Gasteiger charge is -2.33. The van der Waals surface area contributed by atoms with Gasteiger partial charge in [0.1, 0.15) is 42.2 Å². The van der Waals surface area contributed by atoms with Gasteiger partial charge in [-0.3, -0.25) is 0 Å². The number of rotatable bonds is 10. The smallest absolute Gasteiger partial charge is 0.331 e. The molecule has 1 saturated heterocycles. The maximum absolute atomic E-state index is 13.2. The summed E-state index contributed by atoms with van der Waals surface area (Å²) >= 11 is 0. The summed E-state index contributed by atoms with van der Waals surface area (Å²) in [6.07, 6.45) is 14.4. The van der Waals surface area contributed by atoms with Crippen molar-refractivity contribution in [2.24, 2.45) is 11.8 Å². The van der Waals surface area contributed by atoms with E-state index >= 15 is 0 Å². The fourth-order valence-corrected chi connectivity index (χ4v) is 7.39. The summed E-state index contributed by atoms with van der Waals surface area (Å²) in [7, 11) is 5.98. The van der Waals surface area contributed by atoms with Crippen molar-refractivity contribution in [1.82, 2.24) is 0 Å². The predicted octanol–water partition coefficient (Wildman–Crippen LogP) is 5.24. The van der Waals surface area contributed by atoms with Crippen LogP contribution in [0, 0.1) is 11.8 Å². The van der Waals surface area contributed by atoms with Crippen molar-refractivity contribution in [2.45, 2.75) is 153 Å². The summed E-state index contributed by atoms with van der Waals surface area (Å²) in [5.41, 5.74) is 0.457. The lowest BCUT2D eigenvalue weighted by molar-refractivity contribution is -0.153. The van der Waals surface area contributed by atoms with E-state index in [9.17, 15) is 30.3 Å². The highest BCUT2D eigenvalue weighted by atomic mass is 16.6. The minimum atomic E-state index is -1.32. The second kappa shape index (κ2) is 25.7. The van der Waals surface area contributed by atoms with Gasteiger partial charge in [0, 0.05) is 40.4 Å². The fraction of sp³-hybridized carbons (Fsp3) is 0.667. The van der Waals surface area contributed by atoms with Crippen LogP contribution in [0.4, 0.5) is 0 Å². The molecule has 0 saturated carbocycles. The molecular weight excluding hydrogens is 732 g/mol. The number of methoxy groups -OCH3 is 4. The van der Waals surface area contributed by atoms with E-state index in [4.69, 9.17) is 28.4 Å². The molecular formula is C45H72O12. The molecule has 12 heteroatoms. The van der Waals surface area contributed by atoms with Gasteiger partial charge in [-0.05, 0) is 58.4 Å². The van der Waals surface area contributed by atoms with Crippen LogP contribution in [0.15, 0.2) is 84.1 Å². The molecule has 57 heavy (non-hydrogen) atoms. The van der Waals surface area contributed by atoms with Crippen molar-refractivity contribution in [3.8, 4) is 0 Å². The number of hydrogen-bond acceptors (Lipinski definition) is 12. The third-order valence-corrected chi connectivity index (χ3v) is 10.9. The maximum atomic E-state index is 13.2. The Morgan fingerprint density at radius 3 is 2.12 bits per heavy atom. The summed E-state index contributed by atoms with van der Waals surface area (Å²) in [6.45, 7) is 11.4. The van der Waals surface area contributed by atoms with E-state index < -0.39 is 78.5 Å². The van der Waals surface area contributed by atoms with Crippen LogP contribution in [0.2, 0.25) is 0 Å². The number of carbonyl (C=O) groups excluding carboxylic acids is 1. The minimum absolute atomic E-state index is 0.0235. The zero-order chi connectivity index (χ0) is 42.7. The third-order valence-electron chi connectivity index (χ3n) is 10.9. The third kappa shape index (κ3) is 15.7. The summed E-state index contributed by atoms with van der Waals surface area (Å²) in [4.78, 5) is 13.2. The Kier molecular flexibility index (Phi) is 22.7. The van der Waals surface area contributed by atoms with Gasteiger partial charge < -0.3 is 54.0 Å². The first-order valence-corrected chi connectivity index (χ1v) is 20.2. The van der Waals surface area contributed by atoms with E-state index in [0.717, 1.165) is 30.4 Å². The molecule has 1 unspecified atom stereocenters. The zero-order valence-corrected chi connectivity index (χ0v) is 35.8. The fourth-order valence-electron chi connectivity index (χ4n) is 7.39. The van der Waals surface area contributed by atoms with Crippen LogP contribution in [-0.2, 0) is 33.2 Å². The van der Waals surface area contributed by atoms with Crippen LogP contribution in [0.25, 0.3) is 0 Å². The SMILES string of the molecule is CCC[C@@H]1O[C@@](C)([C@@H](O)C/C=C/[C@@H]2OC(=O)C=CC=C[C@@H](OC)[C@H](O)C=CC(C)=CC(C)CCC[C@@H](OC)[C@H](O)C=CC(C)=C[C@@H](C)[C@H](O)[C@H]2OC)[C@H](O)[C@@H]1OC. The van der Waals surface area contributed by atoms with Crippen LogP contribution in [0.1, 0.15) is 80.1 Å². The Balaban J connectivity index is 2.46. The van der Waals surface area contributed by atoms with Crippen molar-refractivity contribution in [3.05, 3.63) is 84.1 Å². The Morgan fingerprint density at radius 1 is 0.860 bits per heavy atom. The number of esters is 1. The lowest BCUT2D eigenvalue weighted by Crippen LogP contribution is -2.50. The molecule has 2 aliphatic heterocycles. The maximum Gasteiger partial charge on any atom is 0.331 e. The van der Waals surface area contributed by atoms with E-state index in [1.807, 2.05) is 32.9 Å². The lowest BCUT2D eigenvalue weighted by atomic mass is 9.88. The summed E-state index contributed by atoms with van der Waals surface area (Å²) in [5.74, 6) is -0.953. The minimum Gasteiger partial charge on any atom is -0.452 e. The predicted molar refractivity (Wildman–Crippen MR) is 221 cm³/mol. The number of carbonyl (C=O) groups is 1. The highest BCUT2D eigenvalue weighted by Crippen LogP contribution is 2.38. The van der Waals surface area contributed by atoms with Crippen molar-refractivity contribution >= 4 is 5.97 Å². The quantitative estimate of drug-likeness (QED) is 0.144. The average Bonchev–Trinajstić information content (AvgIpc) is 3.42. The van der Waals surface area contributed by atoms with Crippen LogP contribution in [0.5, 0.6) is 0 Å². The van der Waals surface area contributed by atoms with Crippen molar-refractivity contribution in [3.63, 3.8) is 0 Å². The van der Waals surface area contributed by atoms with Crippen molar-refractivity contribution < 1.29 is 58.7 Å². The number of allylic oxidation sites excluding steroid dienone is 7. The van der Waals surface area contributed by atoms with Crippen LogP contribution in [0.3, 0.4) is 0 Å². The van der Waals surface area contributed by atoms with E-state index in [1.54, 1.807) is 63.5 Å². The average molecular weight is 805 g/mol. The summed E-state index contributed by atoms with van der Waals surface area (Å²) in [6, 6.07) is 0. The van der Waals surface area contributed by atoms with Crippen molar-refractivity contribution in [2.75, 3.05) is 28.4 Å². The number of aliphatic hydroxyl groups is 5. The molecule has 0 aliphatic carbocycles. The van der Waals surface area contributed by atoms with E-state index in [0.29, 0.717) is 12.8 Å². The van der Waals surface area contributed by atoms with Gasteiger partial charge in [-0.1, -0.05) is 106 Å². The largest absolute Gasteiger partial charge is 0.452 e. The molecule has 0 amide bonds. The molecule has 1 fully saturated rings. The number of hydrogen-bond donors (Lipinski definition) is 5. The second-order valence-corrected chi connectivity index (χ2v) is 15.6. The molecule has 0 aromatic carbocycles. The Hall–Kier alpha value is -2.75.